The van der Waals surface area contributed by atoms with Crippen LogP contribution in [-0.2, 0) is 9.47 Å². The second kappa shape index (κ2) is 5.10. The van der Waals surface area contributed by atoms with Gasteiger partial charge in [0, 0.05) is 28.7 Å². The van der Waals surface area contributed by atoms with Crippen LogP contribution in [0.25, 0.3) is 0 Å². The Morgan fingerprint density at radius 3 is 2.31 bits per heavy atom. The van der Waals surface area contributed by atoms with E-state index in [2.05, 4.69) is 31.9 Å². The van der Waals surface area contributed by atoms with Gasteiger partial charge in [0.1, 0.15) is 0 Å². The summed E-state index contributed by atoms with van der Waals surface area (Å²) in [4.78, 5) is 0. The Kier molecular flexibility index (Phi) is 4.38. The first kappa shape index (κ1) is 11.2. The molecule has 0 fully saturated rings. The number of ether oxygens (including phenoxy) is 2. The average molecular weight is 310 g/mol. The van der Waals surface area contributed by atoms with Crippen LogP contribution >= 0.6 is 31.9 Å². The molecular weight excluding hydrogens is 300 g/mol. The normalized spacial score (nSPS) is 10.8. The Bertz CT molecular complexity index is 285. The molecule has 0 N–H and O–H groups in total. The van der Waals surface area contributed by atoms with E-state index in [0.717, 1.165) is 14.5 Å². The highest BCUT2D eigenvalue weighted by atomic mass is 79.9. The molecule has 0 bridgehead atoms. The van der Waals surface area contributed by atoms with Gasteiger partial charge in [-0.15, -0.1) is 0 Å². The van der Waals surface area contributed by atoms with E-state index in [9.17, 15) is 0 Å². The van der Waals surface area contributed by atoms with Gasteiger partial charge in [0.2, 0.25) is 0 Å². The fourth-order valence-electron chi connectivity index (χ4n) is 1.05. The molecule has 1 aromatic rings. The number of rotatable bonds is 3. The monoisotopic (exact) mass is 308 g/mol. The van der Waals surface area contributed by atoms with Gasteiger partial charge in [0.05, 0.1) is 0 Å². The van der Waals surface area contributed by atoms with Gasteiger partial charge in [-0.3, -0.25) is 0 Å². The molecule has 0 saturated carbocycles. The quantitative estimate of drug-likeness (QED) is 0.796. The zero-order chi connectivity index (χ0) is 9.84. The molecule has 2 nitrogen and oxygen atoms in total. The molecule has 0 aliphatic rings. The first-order valence-corrected chi connectivity index (χ1v) is 5.28. The Labute approximate surface area is 94.5 Å². The Morgan fingerprint density at radius 1 is 1.15 bits per heavy atom. The summed E-state index contributed by atoms with van der Waals surface area (Å²) >= 11 is 6.82. The van der Waals surface area contributed by atoms with Crippen molar-refractivity contribution in [2.45, 2.75) is 6.29 Å². The Morgan fingerprint density at radius 2 is 1.77 bits per heavy atom. The molecule has 0 saturated heterocycles. The third kappa shape index (κ3) is 2.77. The molecule has 1 rings (SSSR count). The molecule has 0 atom stereocenters. The summed E-state index contributed by atoms with van der Waals surface area (Å²) < 4.78 is 12.3. The molecule has 1 aromatic carbocycles. The minimum Gasteiger partial charge on any atom is -0.352 e. The van der Waals surface area contributed by atoms with E-state index in [1.165, 1.54) is 0 Å². The molecule has 0 aromatic heterocycles. The van der Waals surface area contributed by atoms with E-state index in [1.54, 1.807) is 14.2 Å². The minimum atomic E-state index is -0.327. The molecule has 0 unspecified atom stereocenters. The van der Waals surface area contributed by atoms with Crippen LogP contribution in [0.3, 0.4) is 0 Å². The van der Waals surface area contributed by atoms with Crippen molar-refractivity contribution in [1.29, 1.82) is 0 Å². The molecule has 13 heavy (non-hydrogen) atoms. The highest BCUT2D eigenvalue weighted by Crippen LogP contribution is 2.28. The summed E-state index contributed by atoms with van der Waals surface area (Å²) in [6.07, 6.45) is -0.327. The van der Waals surface area contributed by atoms with Gasteiger partial charge in [-0.05, 0) is 18.2 Å². The van der Waals surface area contributed by atoms with Crippen molar-refractivity contribution in [3.63, 3.8) is 0 Å². The number of methoxy groups -OCH3 is 2. The van der Waals surface area contributed by atoms with E-state index in [-0.39, 0.29) is 6.29 Å². The summed E-state index contributed by atoms with van der Waals surface area (Å²) in [6, 6.07) is 5.86. The van der Waals surface area contributed by atoms with Gasteiger partial charge in [-0.1, -0.05) is 31.9 Å². The number of hydrogen-bond donors (Lipinski definition) is 0. The first-order valence-electron chi connectivity index (χ1n) is 3.69. The molecular formula is C9H10Br2O2. The number of halogens is 2. The van der Waals surface area contributed by atoms with Crippen molar-refractivity contribution in [1.82, 2.24) is 0 Å². The van der Waals surface area contributed by atoms with Crippen molar-refractivity contribution in [3.8, 4) is 0 Å². The summed E-state index contributed by atoms with van der Waals surface area (Å²) in [5.74, 6) is 0. The minimum absolute atomic E-state index is 0.327. The van der Waals surface area contributed by atoms with Gasteiger partial charge in [-0.25, -0.2) is 0 Å². The number of hydrogen-bond acceptors (Lipinski definition) is 2. The van der Waals surface area contributed by atoms with Crippen LogP contribution in [0.15, 0.2) is 27.1 Å². The highest BCUT2D eigenvalue weighted by Gasteiger charge is 2.12. The molecule has 0 aliphatic carbocycles. The highest BCUT2D eigenvalue weighted by molar-refractivity contribution is 9.11. The molecule has 0 aliphatic heterocycles. The van der Waals surface area contributed by atoms with E-state index >= 15 is 0 Å². The predicted molar refractivity (Wildman–Crippen MR) is 58.6 cm³/mol. The van der Waals surface area contributed by atoms with Crippen LogP contribution in [-0.4, -0.2) is 14.2 Å². The van der Waals surface area contributed by atoms with Gasteiger partial charge in [0.15, 0.2) is 6.29 Å². The topological polar surface area (TPSA) is 18.5 Å². The summed E-state index contributed by atoms with van der Waals surface area (Å²) in [7, 11) is 3.23. The first-order chi connectivity index (χ1) is 6.19. The number of benzene rings is 1. The lowest BCUT2D eigenvalue weighted by Gasteiger charge is -2.15. The van der Waals surface area contributed by atoms with Gasteiger partial charge >= 0.3 is 0 Å². The average Bonchev–Trinajstić information content (AvgIpc) is 2.13. The second-order valence-electron chi connectivity index (χ2n) is 2.47. The van der Waals surface area contributed by atoms with E-state index in [0.29, 0.717) is 0 Å². The smallest absolute Gasteiger partial charge is 0.184 e. The molecule has 0 radical (unpaired) electrons. The standard InChI is InChI=1S/C9H10Br2O2/c1-12-9(13-2)7-5-6(10)3-4-8(7)11/h3-5,9H,1-2H3. The van der Waals surface area contributed by atoms with Crippen molar-refractivity contribution >= 4 is 31.9 Å². The van der Waals surface area contributed by atoms with E-state index in [4.69, 9.17) is 9.47 Å². The summed E-state index contributed by atoms with van der Waals surface area (Å²) in [6.45, 7) is 0. The molecule has 0 spiro atoms. The van der Waals surface area contributed by atoms with Crippen LogP contribution in [0.1, 0.15) is 11.9 Å². The van der Waals surface area contributed by atoms with Crippen molar-refractivity contribution < 1.29 is 9.47 Å². The van der Waals surface area contributed by atoms with Gasteiger partial charge in [0.25, 0.3) is 0 Å². The van der Waals surface area contributed by atoms with Gasteiger partial charge < -0.3 is 9.47 Å². The summed E-state index contributed by atoms with van der Waals surface area (Å²) in [5.41, 5.74) is 0.972. The molecule has 0 heterocycles. The fraction of sp³-hybridized carbons (Fsp3) is 0.333. The van der Waals surface area contributed by atoms with Gasteiger partial charge in [-0.2, -0.15) is 0 Å². The zero-order valence-corrected chi connectivity index (χ0v) is 10.6. The van der Waals surface area contributed by atoms with E-state index in [1.807, 2.05) is 18.2 Å². The maximum atomic E-state index is 5.15. The SMILES string of the molecule is COC(OC)c1cc(Br)ccc1Br. The molecule has 72 valence electrons. The molecule has 4 heteroatoms. The maximum Gasteiger partial charge on any atom is 0.184 e. The van der Waals surface area contributed by atoms with Crippen molar-refractivity contribution in [2.75, 3.05) is 14.2 Å². The fourth-order valence-corrected chi connectivity index (χ4v) is 1.86. The van der Waals surface area contributed by atoms with Crippen molar-refractivity contribution in [3.05, 3.63) is 32.7 Å². The van der Waals surface area contributed by atoms with Crippen LogP contribution < -0.4 is 0 Å². The second-order valence-corrected chi connectivity index (χ2v) is 4.24. The molecule has 0 amide bonds. The maximum absolute atomic E-state index is 5.15. The van der Waals surface area contributed by atoms with Crippen LogP contribution in [0.4, 0.5) is 0 Å². The third-order valence-corrected chi connectivity index (χ3v) is 2.86. The Balaban J connectivity index is 3.03. The van der Waals surface area contributed by atoms with E-state index < -0.39 is 0 Å². The predicted octanol–water partition coefficient (Wildman–Crippen LogP) is 3.50. The lowest BCUT2D eigenvalue weighted by atomic mass is 10.2. The van der Waals surface area contributed by atoms with Crippen LogP contribution in [0, 0.1) is 0 Å². The Hall–Kier alpha value is 0.1000. The van der Waals surface area contributed by atoms with Crippen LogP contribution in [0.2, 0.25) is 0 Å². The lowest BCUT2D eigenvalue weighted by molar-refractivity contribution is -0.106. The lowest BCUT2D eigenvalue weighted by Crippen LogP contribution is -2.04. The largest absolute Gasteiger partial charge is 0.352 e. The van der Waals surface area contributed by atoms with Crippen LogP contribution in [0.5, 0.6) is 0 Å². The summed E-state index contributed by atoms with van der Waals surface area (Å²) in [5, 5.41) is 0. The third-order valence-electron chi connectivity index (χ3n) is 1.64. The zero-order valence-electron chi connectivity index (χ0n) is 7.38. The van der Waals surface area contributed by atoms with Crippen molar-refractivity contribution in [2.24, 2.45) is 0 Å².